The number of non-ortho nitro benzene ring substituents is 1. The summed E-state index contributed by atoms with van der Waals surface area (Å²) in [5, 5.41) is 20.9. The van der Waals surface area contributed by atoms with E-state index in [2.05, 4.69) is 4.99 Å². The number of aromatic hydroxyl groups is 1. The Bertz CT molecular complexity index is 671. The highest BCUT2D eigenvalue weighted by atomic mass is 35.5. The van der Waals surface area contributed by atoms with Gasteiger partial charge in [-0.3, -0.25) is 15.1 Å². The highest BCUT2D eigenvalue weighted by Crippen LogP contribution is 2.21. The maximum atomic E-state index is 10.7. The fourth-order valence-corrected chi connectivity index (χ4v) is 1.86. The summed E-state index contributed by atoms with van der Waals surface area (Å²) in [7, 11) is 0. The van der Waals surface area contributed by atoms with Crippen molar-refractivity contribution >= 4 is 23.5 Å². The van der Waals surface area contributed by atoms with E-state index in [1.807, 2.05) is 12.1 Å². The molecule has 2 aromatic carbocycles. The molecule has 0 heterocycles. The second-order valence-corrected chi connectivity index (χ2v) is 4.54. The zero-order valence-electron chi connectivity index (χ0n) is 10.4. The van der Waals surface area contributed by atoms with E-state index in [4.69, 9.17) is 11.6 Å². The van der Waals surface area contributed by atoms with E-state index < -0.39 is 4.92 Å². The average molecular weight is 291 g/mol. The van der Waals surface area contributed by atoms with Gasteiger partial charge in [0, 0.05) is 28.9 Å². The van der Waals surface area contributed by atoms with Gasteiger partial charge in [-0.25, -0.2) is 0 Å². The molecule has 1 N–H and O–H groups in total. The van der Waals surface area contributed by atoms with Gasteiger partial charge in [0.15, 0.2) is 0 Å². The van der Waals surface area contributed by atoms with Gasteiger partial charge >= 0.3 is 0 Å². The third-order valence-electron chi connectivity index (χ3n) is 2.62. The van der Waals surface area contributed by atoms with Gasteiger partial charge in [0.1, 0.15) is 5.75 Å². The molecule has 0 atom stereocenters. The van der Waals surface area contributed by atoms with Crippen LogP contribution in [0.15, 0.2) is 47.5 Å². The maximum Gasteiger partial charge on any atom is 0.270 e. The number of hydrogen-bond donors (Lipinski definition) is 1. The third kappa shape index (κ3) is 3.55. The molecule has 0 bridgehead atoms. The van der Waals surface area contributed by atoms with Crippen molar-refractivity contribution in [2.75, 3.05) is 0 Å². The Kier molecular flexibility index (Phi) is 4.32. The molecule has 0 saturated heterocycles. The molecule has 0 spiro atoms. The maximum absolute atomic E-state index is 10.7. The van der Waals surface area contributed by atoms with Gasteiger partial charge in [-0.1, -0.05) is 23.7 Å². The molecule has 2 rings (SSSR count). The van der Waals surface area contributed by atoms with Gasteiger partial charge in [0.05, 0.1) is 11.5 Å². The molecular formula is C14H11ClN2O3. The van der Waals surface area contributed by atoms with Crippen molar-refractivity contribution in [1.29, 1.82) is 0 Å². The first-order valence-electron chi connectivity index (χ1n) is 5.78. The van der Waals surface area contributed by atoms with E-state index >= 15 is 0 Å². The van der Waals surface area contributed by atoms with Gasteiger partial charge in [-0.2, -0.15) is 0 Å². The van der Waals surface area contributed by atoms with E-state index in [-0.39, 0.29) is 11.4 Å². The van der Waals surface area contributed by atoms with Crippen LogP contribution in [-0.4, -0.2) is 16.2 Å². The van der Waals surface area contributed by atoms with Gasteiger partial charge in [0.25, 0.3) is 5.69 Å². The van der Waals surface area contributed by atoms with Crippen molar-refractivity contribution in [1.82, 2.24) is 0 Å². The fraction of sp³-hybridized carbons (Fsp3) is 0.0714. The Morgan fingerprint density at radius 2 is 2.10 bits per heavy atom. The molecule has 5 nitrogen and oxygen atoms in total. The predicted octanol–water partition coefficient (Wildman–Crippen LogP) is 3.57. The molecule has 0 amide bonds. The normalized spacial score (nSPS) is 10.8. The molecule has 102 valence electrons. The number of phenolic OH excluding ortho intramolecular Hbond substituents is 1. The van der Waals surface area contributed by atoms with Crippen LogP contribution >= 0.6 is 11.6 Å². The molecule has 0 radical (unpaired) electrons. The zero-order valence-corrected chi connectivity index (χ0v) is 11.1. The highest BCUT2D eigenvalue weighted by Gasteiger charge is 2.08. The van der Waals surface area contributed by atoms with Crippen molar-refractivity contribution in [3.63, 3.8) is 0 Å². The lowest BCUT2D eigenvalue weighted by Crippen LogP contribution is -1.91. The van der Waals surface area contributed by atoms with Crippen LogP contribution in [0.3, 0.4) is 0 Å². The minimum absolute atomic E-state index is 0.0505. The van der Waals surface area contributed by atoms with Gasteiger partial charge in [-0.15, -0.1) is 0 Å². The van der Waals surface area contributed by atoms with E-state index in [9.17, 15) is 15.2 Å². The number of phenols is 1. The van der Waals surface area contributed by atoms with Crippen LogP contribution in [0.2, 0.25) is 5.02 Å². The van der Waals surface area contributed by atoms with Crippen LogP contribution in [0, 0.1) is 10.1 Å². The van der Waals surface area contributed by atoms with Crippen LogP contribution in [0.5, 0.6) is 5.75 Å². The van der Waals surface area contributed by atoms with Crippen LogP contribution < -0.4 is 0 Å². The monoisotopic (exact) mass is 290 g/mol. The van der Waals surface area contributed by atoms with E-state index in [1.165, 1.54) is 24.4 Å². The molecule has 0 aromatic heterocycles. The fourth-order valence-electron chi connectivity index (χ4n) is 1.64. The first-order valence-corrected chi connectivity index (χ1v) is 6.16. The van der Waals surface area contributed by atoms with Crippen molar-refractivity contribution in [3.8, 4) is 5.75 Å². The molecule has 0 aliphatic carbocycles. The third-order valence-corrected chi connectivity index (χ3v) is 2.85. The van der Waals surface area contributed by atoms with Crippen LogP contribution in [-0.2, 0) is 6.54 Å². The number of benzene rings is 2. The highest BCUT2D eigenvalue weighted by molar-refractivity contribution is 6.30. The number of nitrogens with zero attached hydrogens (tertiary/aromatic N) is 2. The molecular weight excluding hydrogens is 280 g/mol. The summed E-state index contributed by atoms with van der Waals surface area (Å²) in [5.74, 6) is -0.0505. The number of halogens is 1. The first-order chi connectivity index (χ1) is 9.56. The van der Waals surface area contributed by atoms with Gasteiger partial charge < -0.3 is 5.11 Å². The van der Waals surface area contributed by atoms with Crippen LogP contribution in [0.4, 0.5) is 5.69 Å². The van der Waals surface area contributed by atoms with Gasteiger partial charge in [0.2, 0.25) is 0 Å². The second kappa shape index (κ2) is 6.16. The molecule has 6 heteroatoms. The largest absolute Gasteiger partial charge is 0.507 e. The lowest BCUT2D eigenvalue weighted by molar-refractivity contribution is -0.384. The smallest absolute Gasteiger partial charge is 0.270 e. The lowest BCUT2D eigenvalue weighted by Gasteiger charge is -1.99. The standard InChI is InChI=1S/C14H11ClN2O3/c15-12-3-1-2-10(6-12)8-16-9-11-7-13(17(19)20)4-5-14(11)18/h1-7,9,18H,8H2. The van der Waals surface area contributed by atoms with Crippen molar-refractivity contribution < 1.29 is 10.0 Å². The van der Waals surface area contributed by atoms with Crippen molar-refractivity contribution in [2.45, 2.75) is 6.54 Å². The molecule has 2 aromatic rings. The summed E-state index contributed by atoms with van der Waals surface area (Å²) in [6.07, 6.45) is 1.41. The minimum atomic E-state index is -0.520. The van der Waals surface area contributed by atoms with E-state index in [1.54, 1.807) is 12.1 Å². The molecule has 0 aliphatic rings. The topological polar surface area (TPSA) is 75.7 Å². The lowest BCUT2D eigenvalue weighted by atomic mass is 10.2. The zero-order chi connectivity index (χ0) is 14.5. The summed E-state index contributed by atoms with van der Waals surface area (Å²) < 4.78 is 0. The number of rotatable bonds is 4. The summed E-state index contributed by atoms with van der Waals surface area (Å²) in [6.45, 7) is 0.378. The van der Waals surface area contributed by atoms with Crippen molar-refractivity contribution in [3.05, 3.63) is 68.7 Å². The Balaban J connectivity index is 2.15. The predicted molar refractivity (Wildman–Crippen MR) is 77.5 cm³/mol. The molecule has 20 heavy (non-hydrogen) atoms. The SMILES string of the molecule is O=[N+]([O-])c1ccc(O)c(C=NCc2cccc(Cl)c2)c1. The van der Waals surface area contributed by atoms with Crippen LogP contribution in [0.25, 0.3) is 0 Å². The quantitative estimate of drug-likeness (QED) is 0.531. The summed E-state index contributed by atoms with van der Waals surface area (Å²) >= 11 is 5.85. The Morgan fingerprint density at radius 1 is 1.30 bits per heavy atom. The molecule has 0 saturated carbocycles. The summed E-state index contributed by atoms with van der Waals surface area (Å²) in [6, 6.07) is 11.0. The molecule has 0 fully saturated rings. The average Bonchev–Trinajstić information content (AvgIpc) is 2.40. The summed E-state index contributed by atoms with van der Waals surface area (Å²) in [5.41, 5.74) is 1.13. The van der Waals surface area contributed by atoms with E-state index in [0.29, 0.717) is 17.1 Å². The Hall–Kier alpha value is -2.40. The summed E-state index contributed by atoms with van der Waals surface area (Å²) in [4.78, 5) is 14.3. The van der Waals surface area contributed by atoms with E-state index in [0.717, 1.165) is 5.56 Å². The molecule has 0 aliphatic heterocycles. The minimum Gasteiger partial charge on any atom is -0.507 e. The number of hydrogen-bond acceptors (Lipinski definition) is 4. The van der Waals surface area contributed by atoms with Crippen LogP contribution in [0.1, 0.15) is 11.1 Å². The molecule has 0 unspecified atom stereocenters. The number of aliphatic imine (C=N–C) groups is 1. The Labute approximate surface area is 120 Å². The van der Waals surface area contributed by atoms with Crippen molar-refractivity contribution in [2.24, 2.45) is 4.99 Å². The number of nitro groups is 1. The number of nitro benzene ring substituents is 1. The Morgan fingerprint density at radius 3 is 2.80 bits per heavy atom. The van der Waals surface area contributed by atoms with Gasteiger partial charge in [-0.05, 0) is 23.8 Å². The second-order valence-electron chi connectivity index (χ2n) is 4.10. The first kappa shape index (κ1) is 14.0.